The predicted molar refractivity (Wildman–Crippen MR) is 82.5 cm³/mol. The van der Waals surface area contributed by atoms with Crippen LogP contribution >= 0.6 is 0 Å². The van der Waals surface area contributed by atoms with Gasteiger partial charge in [0.05, 0.1) is 17.2 Å². The molecule has 0 saturated heterocycles. The lowest BCUT2D eigenvalue weighted by molar-refractivity contribution is 0.421. The highest BCUT2D eigenvalue weighted by Crippen LogP contribution is 2.23. The van der Waals surface area contributed by atoms with Crippen LogP contribution in [0.1, 0.15) is 43.6 Å². The topological polar surface area (TPSA) is 59.3 Å². The summed E-state index contributed by atoms with van der Waals surface area (Å²) in [5.41, 5.74) is 1.03. The van der Waals surface area contributed by atoms with Crippen molar-refractivity contribution in [3.05, 3.63) is 54.0 Å². The molecule has 0 aliphatic rings. The molecular formula is C16H21NO3S. The molecule has 1 atom stereocenters. The normalized spacial score (nSPS) is 13.2. The number of benzene rings is 1. The van der Waals surface area contributed by atoms with Gasteiger partial charge in [-0.2, -0.15) is 0 Å². The molecule has 0 aliphatic carbocycles. The third-order valence-electron chi connectivity index (χ3n) is 3.36. The third kappa shape index (κ3) is 4.19. The Bertz CT molecular complexity index is 645. The summed E-state index contributed by atoms with van der Waals surface area (Å²) < 4.78 is 33.0. The average molecular weight is 307 g/mol. The summed E-state index contributed by atoms with van der Waals surface area (Å²) in [6.07, 6.45) is 4.22. The van der Waals surface area contributed by atoms with Crippen molar-refractivity contribution in [1.82, 2.24) is 4.72 Å². The van der Waals surface area contributed by atoms with Crippen LogP contribution in [0.3, 0.4) is 0 Å². The number of sulfonamides is 1. The fourth-order valence-corrected chi connectivity index (χ4v) is 3.37. The van der Waals surface area contributed by atoms with Gasteiger partial charge in [0.2, 0.25) is 10.0 Å². The molecule has 1 heterocycles. The van der Waals surface area contributed by atoms with Crippen LogP contribution in [0.15, 0.2) is 52.0 Å². The van der Waals surface area contributed by atoms with Gasteiger partial charge in [-0.15, -0.1) is 0 Å². The Morgan fingerprint density at radius 1 is 1.19 bits per heavy atom. The lowest BCUT2D eigenvalue weighted by Crippen LogP contribution is -2.28. The molecule has 5 heteroatoms. The first kappa shape index (κ1) is 15.8. The van der Waals surface area contributed by atoms with Crippen LogP contribution in [0.2, 0.25) is 0 Å². The van der Waals surface area contributed by atoms with Crippen molar-refractivity contribution in [1.29, 1.82) is 0 Å². The maximum atomic E-state index is 12.5. The molecule has 0 amide bonds. The molecule has 2 aromatic rings. The third-order valence-corrected chi connectivity index (χ3v) is 4.85. The number of hydrogen-bond donors (Lipinski definition) is 1. The molecule has 0 aliphatic heterocycles. The van der Waals surface area contributed by atoms with Gasteiger partial charge in [0.15, 0.2) is 0 Å². The first-order valence-electron chi connectivity index (χ1n) is 7.15. The van der Waals surface area contributed by atoms with E-state index in [1.165, 1.54) is 0 Å². The molecule has 0 unspecified atom stereocenters. The van der Waals surface area contributed by atoms with Gasteiger partial charge in [0, 0.05) is 0 Å². The molecule has 0 fully saturated rings. The predicted octanol–water partition coefficient (Wildman–Crippen LogP) is 3.80. The van der Waals surface area contributed by atoms with Crippen molar-refractivity contribution >= 4 is 10.0 Å². The molecular weight excluding hydrogens is 286 g/mol. The summed E-state index contributed by atoms with van der Waals surface area (Å²) >= 11 is 0. The van der Waals surface area contributed by atoms with Gasteiger partial charge in [-0.3, -0.25) is 0 Å². The fraction of sp³-hybridized carbons (Fsp3) is 0.375. The number of rotatable bonds is 7. The van der Waals surface area contributed by atoms with Crippen LogP contribution in [0.4, 0.5) is 0 Å². The van der Waals surface area contributed by atoms with Gasteiger partial charge in [0.1, 0.15) is 5.76 Å². The molecule has 21 heavy (non-hydrogen) atoms. The SMILES string of the molecule is CCCC[C@H](NS(=O)(=O)c1ccc(C)cc1)c1ccco1. The van der Waals surface area contributed by atoms with Crippen LogP contribution in [-0.2, 0) is 10.0 Å². The van der Waals surface area contributed by atoms with Gasteiger partial charge < -0.3 is 4.42 Å². The summed E-state index contributed by atoms with van der Waals surface area (Å²) in [5.74, 6) is 0.652. The van der Waals surface area contributed by atoms with Crippen LogP contribution in [0.25, 0.3) is 0 Å². The first-order chi connectivity index (χ1) is 10.0. The van der Waals surface area contributed by atoms with Crippen molar-refractivity contribution in [2.45, 2.75) is 44.0 Å². The van der Waals surface area contributed by atoms with Crippen molar-refractivity contribution < 1.29 is 12.8 Å². The highest BCUT2D eigenvalue weighted by atomic mass is 32.2. The Kier molecular flexibility index (Phi) is 5.20. The molecule has 0 radical (unpaired) electrons. The summed E-state index contributed by atoms with van der Waals surface area (Å²) in [6, 6.07) is 10.1. The van der Waals surface area contributed by atoms with E-state index < -0.39 is 10.0 Å². The highest BCUT2D eigenvalue weighted by molar-refractivity contribution is 7.89. The molecule has 0 bridgehead atoms. The minimum Gasteiger partial charge on any atom is -0.468 e. The van der Waals surface area contributed by atoms with Crippen LogP contribution in [0.5, 0.6) is 0 Å². The monoisotopic (exact) mass is 307 g/mol. The average Bonchev–Trinajstić information content (AvgIpc) is 2.98. The molecule has 114 valence electrons. The fourth-order valence-electron chi connectivity index (χ4n) is 2.13. The Morgan fingerprint density at radius 2 is 1.90 bits per heavy atom. The Hall–Kier alpha value is -1.59. The van der Waals surface area contributed by atoms with Crippen molar-refractivity contribution in [3.63, 3.8) is 0 Å². The first-order valence-corrected chi connectivity index (χ1v) is 8.63. The Morgan fingerprint density at radius 3 is 2.48 bits per heavy atom. The van der Waals surface area contributed by atoms with E-state index in [0.29, 0.717) is 5.76 Å². The van der Waals surface area contributed by atoms with E-state index in [1.807, 2.05) is 6.92 Å². The second-order valence-electron chi connectivity index (χ2n) is 5.14. The quantitative estimate of drug-likeness (QED) is 0.846. The summed E-state index contributed by atoms with van der Waals surface area (Å²) in [5, 5.41) is 0. The van der Waals surface area contributed by atoms with E-state index in [0.717, 1.165) is 24.8 Å². The maximum Gasteiger partial charge on any atom is 0.241 e. The maximum absolute atomic E-state index is 12.5. The van der Waals surface area contributed by atoms with Crippen molar-refractivity contribution in [3.8, 4) is 0 Å². The lowest BCUT2D eigenvalue weighted by atomic mass is 10.1. The van der Waals surface area contributed by atoms with Gasteiger partial charge in [-0.1, -0.05) is 37.5 Å². The van der Waals surface area contributed by atoms with E-state index in [4.69, 9.17) is 4.42 Å². The largest absolute Gasteiger partial charge is 0.468 e. The molecule has 1 aromatic heterocycles. The molecule has 0 spiro atoms. The van der Waals surface area contributed by atoms with Gasteiger partial charge in [-0.25, -0.2) is 13.1 Å². The number of aryl methyl sites for hydroxylation is 1. The van der Waals surface area contributed by atoms with Crippen LogP contribution in [-0.4, -0.2) is 8.42 Å². The number of hydrogen-bond acceptors (Lipinski definition) is 3. The van der Waals surface area contributed by atoms with Gasteiger partial charge >= 0.3 is 0 Å². The van der Waals surface area contributed by atoms with Crippen LogP contribution in [0, 0.1) is 6.92 Å². The molecule has 1 aromatic carbocycles. The smallest absolute Gasteiger partial charge is 0.241 e. The highest BCUT2D eigenvalue weighted by Gasteiger charge is 2.22. The minimum absolute atomic E-state index is 0.279. The van der Waals surface area contributed by atoms with E-state index >= 15 is 0 Å². The van der Waals surface area contributed by atoms with E-state index in [2.05, 4.69) is 11.6 Å². The standard InChI is InChI=1S/C16H21NO3S/c1-3-4-6-15(16-7-5-12-20-16)17-21(18,19)14-10-8-13(2)9-11-14/h5,7-12,15,17H,3-4,6H2,1-2H3/t15-/m0/s1. The van der Waals surface area contributed by atoms with Crippen molar-refractivity contribution in [2.75, 3.05) is 0 Å². The zero-order valence-electron chi connectivity index (χ0n) is 12.4. The van der Waals surface area contributed by atoms with E-state index in [-0.39, 0.29) is 10.9 Å². The molecule has 2 rings (SSSR count). The summed E-state index contributed by atoms with van der Waals surface area (Å²) in [7, 11) is -3.54. The van der Waals surface area contributed by atoms with E-state index in [1.54, 1.807) is 42.7 Å². The number of nitrogens with one attached hydrogen (secondary N) is 1. The Labute approximate surface area is 126 Å². The number of unbranched alkanes of at least 4 members (excludes halogenated alkanes) is 1. The molecule has 1 N–H and O–H groups in total. The molecule has 4 nitrogen and oxygen atoms in total. The molecule has 0 saturated carbocycles. The zero-order valence-corrected chi connectivity index (χ0v) is 13.2. The second-order valence-corrected chi connectivity index (χ2v) is 6.86. The minimum atomic E-state index is -3.54. The summed E-state index contributed by atoms with van der Waals surface area (Å²) in [4.78, 5) is 0.279. The Balaban J connectivity index is 2.20. The van der Waals surface area contributed by atoms with Gasteiger partial charge in [-0.05, 0) is 37.6 Å². The van der Waals surface area contributed by atoms with Crippen molar-refractivity contribution in [2.24, 2.45) is 0 Å². The number of furan rings is 1. The van der Waals surface area contributed by atoms with Gasteiger partial charge in [0.25, 0.3) is 0 Å². The zero-order chi connectivity index (χ0) is 15.3. The van der Waals surface area contributed by atoms with Crippen LogP contribution < -0.4 is 4.72 Å². The second kappa shape index (κ2) is 6.91. The lowest BCUT2D eigenvalue weighted by Gasteiger charge is -2.16. The summed E-state index contributed by atoms with van der Waals surface area (Å²) in [6.45, 7) is 4.00. The van der Waals surface area contributed by atoms with E-state index in [9.17, 15) is 8.42 Å².